The van der Waals surface area contributed by atoms with Crippen LogP contribution in [0.5, 0.6) is 0 Å². The van der Waals surface area contributed by atoms with E-state index in [2.05, 4.69) is 20.8 Å². The van der Waals surface area contributed by atoms with Crippen LogP contribution in [0.4, 0.5) is 0 Å². The maximum absolute atomic E-state index is 5.99. The van der Waals surface area contributed by atoms with Gasteiger partial charge in [-0.05, 0) is 43.8 Å². The summed E-state index contributed by atoms with van der Waals surface area (Å²) >= 11 is 9.54. The molecule has 1 atom stereocenters. The molecule has 2 N–H and O–H groups in total. The third-order valence-corrected chi connectivity index (χ3v) is 4.20. The number of nitrogens with two attached hydrogens (primary N) is 1. The number of rotatable bonds is 5. The van der Waals surface area contributed by atoms with Gasteiger partial charge in [-0.1, -0.05) is 33.6 Å². The number of hydrogen-bond acceptors (Lipinski definition) is 3. The highest BCUT2D eigenvalue weighted by atomic mass is 79.9. The Hall–Kier alpha value is -0.810. The first-order valence-electron chi connectivity index (χ1n) is 6.42. The van der Waals surface area contributed by atoms with E-state index in [0.717, 1.165) is 21.6 Å². The molecular formula is C15H18BrClN2O. The Balaban J connectivity index is 2.18. The molecule has 0 radical (unpaired) electrons. The molecule has 1 aromatic heterocycles. The van der Waals surface area contributed by atoms with Gasteiger partial charge in [0.1, 0.15) is 11.5 Å². The van der Waals surface area contributed by atoms with Crippen LogP contribution in [0.1, 0.15) is 23.1 Å². The molecule has 0 aliphatic heterocycles. The van der Waals surface area contributed by atoms with E-state index in [-0.39, 0.29) is 6.04 Å². The summed E-state index contributed by atoms with van der Waals surface area (Å²) in [7, 11) is 2.04. The lowest BCUT2D eigenvalue weighted by molar-refractivity contribution is 0.221. The summed E-state index contributed by atoms with van der Waals surface area (Å²) in [6.07, 6.45) is 0. The fourth-order valence-electron chi connectivity index (χ4n) is 2.24. The van der Waals surface area contributed by atoms with E-state index in [4.69, 9.17) is 21.8 Å². The third kappa shape index (κ3) is 3.64. The fraction of sp³-hybridized carbons (Fsp3) is 0.333. The average molecular weight is 358 g/mol. The van der Waals surface area contributed by atoms with Crippen LogP contribution in [0, 0.1) is 6.92 Å². The van der Waals surface area contributed by atoms with Gasteiger partial charge in [-0.2, -0.15) is 0 Å². The second kappa shape index (κ2) is 6.76. The molecule has 0 amide bonds. The number of nitrogens with zero attached hydrogens (tertiary/aromatic N) is 1. The van der Waals surface area contributed by atoms with Crippen LogP contribution < -0.4 is 5.73 Å². The number of halogens is 2. The van der Waals surface area contributed by atoms with Gasteiger partial charge in [0.05, 0.1) is 6.54 Å². The first-order valence-corrected chi connectivity index (χ1v) is 7.59. The first-order chi connectivity index (χ1) is 9.51. The van der Waals surface area contributed by atoms with Crippen LogP contribution in [0.3, 0.4) is 0 Å². The Morgan fingerprint density at radius 3 is 2.65 bits per heavy atom. The second-order valence-electron chi connectivity index (χ2n) is 4.84. The fourth-order valence-corrected chi connectivity index (χ4v) is 3.19. The number of benzene rings is 1. The van der Waals surface area contributed by atoms with Crippen LogP contribution in [-0.2, 0) is 6.54 Å². The Labute approximate surface area is 132 Å². The van der Waals surface area contributed by atoms with Crippen molar-refractivity contribution in [3.05, 3.63) is 56.9 Å². The van der Waals surface area contributed by atoms with Crippen LogP contribution in [0.15, 0.2) is 39.2 Å². The molecule has 1 aromatic carbocycles. The van der Waals surface area contributed by atoms with Gasteiger partial charge < -0.3 is 10.2 Å². The van der Waals surface area contributed by atoms with Crippen molar-refractivity contribution in [2.45, 2.75) is 19.5 Å². The average Bonchev–Trinajstić information content (AvgIpc) is 2.78. The quantitative estimate of drug-likeness (QED) is 0.874. The van der Waals surface area contributed by atoms with Crippen molar-refractivity contribution in [3.63, 3.8) is 0 Å². The highest BCUT2D eigenvalue weighted by Crippen LogP contribution is 2.30. The molecule has 3 nitrogen and oxygen atoms in total. The maximum Gasteiger partial charge on any atom is 0.118 e. The Morgan fingerprint density at radius 1 is 1.35 bits per heavy atom. The number of furan rings is 1. The van der Waals surface area contributed by atoms with Gasteiger partial charge in [0, 0.05) is 22.1 Å². The van der Waals surface area contributed by atoms with Gasteiger partial charge in [0.25, 0.3) is 0 Å². The lowest BCUT2D eigenvalue weighted by atomic mass is 10.1. The Morgan fingerprint density at radius 2 is 2.10 bits per heavy atom. The molecule has 0 fully saturated rings. The maximum atomic E-state index is 5.99. The van der Waals surface area contributed by atoms with Crippen LogP contribution in [0.2, 0.25) is 5.02 Å². The molecule has 2 rings (SSSR count). The van der Waals surface area contributed by atoms with Crippen molar-refractivity contribution < 1.29 is 4.42 Å². The molecule has 20 heavy (non-hydrogen) atoms. The number of likely N-dealkylation sites (N-methyl/N-ethyl adjacent to an activating group) is 1. The normalized spacial score (nSPS) is 12.9. The van der Waals surface area contributed by atoms with Crippen molar-refractivity contribution >= 4 is 27.5 Å². The predicted molar refractivity (Wildman–Crippen MR) is 85.9 cm³/mol. The molecule has 2 aromatic rings. The summed E-state index contributed by atoms with van der Waals surface area (Å²) < 4.78 is 6.59. The van der Waals surface area contributed by atoms with E-state index in [1.807, 2.05) is 44.3 Å². The van der Waals surface area contributed by atoms with Gasteiger partial charge in [-0.25, -0.2) is 0 Å². The van der Waals surface area contributed by atoms with Crippen LogP contribution in [0.25, 0.3) is 0 Å². The van der Waals surface area contributed by atoms with E-state index in [9.17, 15) is 0 Å². The highest BCUT2D eigenvalue weighted by Gasteiger charge is 2.19. The van der Waals surface area contributed by atoms with E-state index in [0.29, 0.717) is 18.1 Å². The van der Waals surface area contributed by atoms with Crippen molar-refractivity contribution in [1.82, 2.24) is 4.90 Å². The van der Waals surface area contributed by atoms with Gasteiger partial charge >= 0.3 is 0 Å². The minimum absolute atomic E-state index is 0.104. The molecule has 0 bridgehead atoms. The summed E-state index contributed by atoms with van der Waals surface area (Å²) in [6.45, 7) is 3.18. The molecule has 0 saturated carbocycles. The Kier molecular flexibility index (Phi) is 5.27. The van der Waals surface area contributed by atoms with Gasteiger partial charge in [-0.3, -0.25) is 4.90 Å². The van der Waals surface area contributed by atoms with Crippen LogP contribution in [-0.4, -0.2) is 18.5 Å². The van der Waals surface area contributed by atoms with Gasteiger partial charge in [0.15, 0.2) is 0 Å². The van der Waals surface area contributed by atoms with E-state index < -0.39 is 0 Å². The molecule has 108 valence electrons. The molecule has 0 saturated heterocycles. The standard InChI is InChI=1S/C15H18BrClN2O/c1-10-3-5-12(20-10)9-19(2)15(8-18)13-6-4-11(17)7-14(13)16/h3-7,15H,8-9,18H2,1-2H3. The second-order valence-corrected chi connectivity index (χ2v) is 6.14. The summed E-state index contributed by atoms with van der Waals surface area (Å²) in [5.41, 5.74) is 7.07. The smallest absolute Gasteiger partial charge is 0.118 e. The minimum atomic E-state index is 0.104. The topological polar surface area (TPSA) is 42.4 Å². The first kappa shape index (κ1) is 15.6. The molecule has 5 heteroatoms. The van der Waals surface area contributed by atoms with Crippen molar-refractivity contribution in [1.29, 1.82) is 0 Å². The molecule has 0 aliphatic rings. The number of hydrogen-bond donors (Lipinski definition) is 1. The SMILES string of the molecule is Cc1ccc(CN(C)C(CN)c2ccc(Cl)cc2Br)o1. The molecular weight excluding hydrogens is 340 g/mol. The lowest BCUT2D eigenvalue weighted by Gasteiger charge is -2.27. The minimum Gasteiger partial charge on any atom is -0.465 e. The molecule has 0 spiro atoms. The number of aryl methyl sites for hydroxylation is 1. The predicted octanol–water partition coefficient (Wildman–Crippen LogP) is 4.14. The lowest BCUT2D eigenvalue weighted by Crippen LogP contribution is -2.30. The zero-order valence-electron chi connectivity index (χ0n) is 11.6. The van der Waals surface area contributed by atoms with Crippen LogP contribution >= 0.6 is 27.5 Å². The summed E-state index contributed by atoms with van der Waals surface area (Å²) in [6, 6.07) is 9.86. The molecule has 1 unspecified atom stereocenters. The summed E-state index contributed by atoms with van der Waals surface area (Å²) in [4.78, 5) is 2.17. The summed E-state index contributed by atoms with van der Waals surface area (Å²) in [5, 5.41) is 0.709. The van der Waals surface area contributed by atoms with Gasteiger partial charge in [0.2, 0.25) is 0 Å². The van der Waals surface area contributed by atoms with E-state index in [1.165, 1.54) is 0 Å². The van der Waals surface area contributed by atoms with E-state index in [1.54, 1.807) is 0 Å². The summed E-state index contributed by atoms with van der Waals surface area (Å²) in [5.74, 6) is 1.86. The van der Waals surface area contributed by atoms with Crippen molar-refractivity contribution in [3.8, 4) is 0 Å². The zero-order chi connectivity index (χ0) is 14.7. The van der Waals surface area contributed by atoms with Crippen molar-refractivity contribution in [2.24, 2.45) is 5.73 Å². The largest absolute Gasteiger partial charge is 0.465 e. The zero-order valence-corrected chi connectivity index (χ0v) is 13.9. The van der Waals surface area contributed by atoms with Gasteiger partial charge in [-0.15, -0.1) is 0 Å². The van der Waals surface area contributed by atoms with Crippen molar-refractivity contribution in [2.75, 3.05) is 13.6 Å². The molecule has 1 heterocycles. The highest BCUT2D eigenvalue weighted by molar-refractivity contribution is 9.10. The third-order valence-electron chi connectivity index (χ3n) is 3.28. The van der Waals surface area contributed by atoms with E-state index >= 15 is 0 Å². The Bertz CT molecular complexity index is 585. The monoisotopic (exact) mass is 356 g/mol. The molecule has 0 aliphatic carbocycles.